The van der Waals surface area contributed by atoms with Crippen LogP contribution in [0.2, 0.25) is 36.3 Å². The van der Waals surface area contributed by atoms with Crippen LogP contribution in [-0.4, -0.2) is 137 Å². The summed E-state index contributed by atoms with van der Waals surface area (Å²) >= 11 is 0. The normalized spacial score (nSPS) is 26.9. The molecule has 4 aliphatic rings. The maximum Gasteiger partial charge on any atom is 0.340 e. The molecule has 0 radical (unpaired) electrons. The molecule has 3 heterocycles. The van der Waals surface area contributed by atoms with Gasteiger partial charge in [0.15, 0.2) is 28.5 Å². The van der Waals surface area contributed by atoms with Gasteiger partial charge in [0.2, 0.25) is 23.2 Å². The van der Waals surface area contributed by atoms with Gasteiger partial charge in [-0.05, 0) is 107 Å². The van der Waals surface area contributed by atoms with Crippen molar-refractivity contribution in [2.75, 3.05) is 20.8 Å². The summed E-state index contributed by atoms with van der Waals surface area (Å²) in [5.74, 6) is 0.927. The molecule has 0 bridgehead atoms. The van der Waals surface area contributed by atoms with Gasteiger partial charge in [-0.15, -0.1) is 6.58 Å². The smallest absolute Gasteiger partial charge is 0.340 e. The van der Waals surface area contributed by atoms with E-state index in [1.165, 1.54) is 7.11 Å². The highest BCUT2D eigenvalue weighted by Gasteiger charge is 2.58. The molecule has 3 aromatic carbocycles. The summed E-state index contributed by atoms with van der Waals surface area (Å²) in [6, 6.07) is 28.9. The van der Waals surface area contributed by atoms with Gasteiger partial charge in [0.25, 0.3) is 0 Å². The number of nitrogens with zero attached hydrogens (tertiary/aromatic N) is 3. The summed E-state index contributed by atoms with van der Waals surface area (Å²) in [5.41, 5.74) is -0.368. The van der Waals surface area contributed by atoms with Crippen LogP contribution in [0.5, 0.6) is 0 Å². The monoisotopic (exact) mass is 1060 g/mol. The van der Waals surface area contributed by atoms with E-state index in [4.69, 9.17) is 37.8 Å². The highest BCUT2D eigenvalue weighted by molar-refractivity contribution is 6.74. The van der Waals surface area contributed by atoms with E-state index in [9.17, 15) is 19.8 Å². The van der Waals surface area contributed by atoms with Crippen LogP contribution in [0.3, 0.4) is 0 Å². The first-order valence-corrected chi connectivity index (χ1v) is 31.5. The number of benzene rings is 3. The first kappa shape index (κ1) is 61.5. The minimum Gasteiger partial charge on any atom is -0.471 e. The average Bonchev–Trinajstić information content (AvgIpc) is 4.12. The standard InChI is InChI=1S/2C20H29NO3Si.C15H19NO4.C3H8O/c1-14-20(21-18(23-14)15-10-8-7-9-11-15)13-12-16(22)17(20)24-25(5,6)19(2,3)4;1-8-20(17(14-22)24-25(6,7)19(3,4)5)15(2)23-18(21-20)16-12-10-9-11-13-16;1-4-12(17)15(14(18)19-3)10(2)20-13(16-15)11-8-6-5-7-9-11;1-3-4-2/h7-14,16-17,22H,1-6H3;8-15,17H,1H2,2-7H3;5-10,12,17H,4H2,1-3H3;3H2,1-2H3/t;15?,17?,20-;10?,12?,15-;/m.11./s1. The SMILES string of the molecule is C=C[C@@]1(C(C=O)O[Si](C)(C)C(C)(C)C)N=C(c2ccccc2)OC1C.CC1OC(c2ccccc2)=NC12C=CC(O)C2O[Si](C)(C)C(C)(C)C.CCC(O)[C@]1(C(=O)OC)N=C(c2ccccc2)OC1C.CCOC. The predicted molar refractivity (Wildman–Crippen MR) is 300 cm³/mol. The number of esters is 1. The minimum absolute atomic E-state index is 0.00864. The largest absolute Gasteiger partial charge is 0.471 e. The van der Waals surface area contributed by atoms with Crippen molar-refractivity contribution in [3.05, 3.63) is 132 Å². The zero-order chi connectivity index (χ0) is 55.5. The van der Waals surface area contributed by atoms with E-state index in [1.54, 1.807) is 33.1 Å². The molecular weight excluding hydrogens is 971 g/mol. The molecule has 0 fully saturated rings. The average molecular weight is 1060 g/mol. The zero-order valence-electron chi connectivity index (χ0n) is 47.0. The molecule has 0 amide bonds. The highest BCUT2D eigenvalue weighted by Crippen LogP contribution is 2.46. The van der Waals surface area contributed by atoms with Gasteiger partial charge >= 0.3 is 5.97 Å². The fourth-order valence-corrected chi connectivity index (χ4v) is 10.7. The van der Waals surface area contributed by atoms with Gasteiger partial charge in [-0.25, -0.2) is 19.8 Å². The summed E-state index contributed by atoms with van der Waals surface area (Å²) in [6.07, 6.45) is 2.84. The first-order chi connectivity index (χ1) is 34.6. The molecule has 16 heteroatoms. The molecule has 10 atom stereocenters. The van der Waals surface area contributed by atoms with E-state index in [0.717, 1.165) is 29.6 Å². The van der Waals surface area contributed by atoms with Crippen molar-refractivity contribution in [1.29, 1.82) is 0 Å². The van der Waals surface area contributed by atoms with E-state index in [0.29, 0.717) is 24.1 Å². The second-order valence-corrected chi connectivity index (χ2v) is 31.5. The Balaban J connectivity index is 0.000000233. The Morgan fingerprint density at radius 1 is 0.730 bits per heavy atom. The summed E-state index contributed by atoms with van der Waals surface area (Å²) in [6.45, 7) is 35.9. The van der Waals surface area contributed by atoms with Crippen molar-refractivity contribution in [1.82, 2.24) is 0 Å². The molecule has 3 aliphatic heterocycles. The topological polar surface area (TPSA) is 176 Å². The van der Waals surface area contributed by atoms with Crippen LogP contribution in [-0.2, 0) is 42.1 Å². The Morgan fingerprint density at radius 2 is 1.16 bits per heavy atom. The second kappa shape index (κ2) is 25.2. The van der Waals surface area contributed by atoms with E-state index >= 15 is 0 Å². The van der Waals surface area contributed by atoms with E-state index in [-0.39, 0.29) is 22.3 Å². The van der Waals surface area contributed by atoms with Crippen molar-refractivity contribution in [3.63, 3.8) is 0 Å². The number of aldehydes is 1. The number of methoxy groups -OCH3 is 2. The predicted octanol–water partition coefficient (Wildman–Crippen LogP) is 10.5. The number of aliphatic hydroxyl groups excluding tert-OH is 2. The van der Waals surface area contributed by atoms with Crippen LogP contribution < -0.4 is 0 Å². The summed E-state index contributed by atoms with van der Waals surface area (Å²) in [5, 5.41) is 20.9. The maximum atomic E-state index is 12.2. The Kier molecular flexibility index (Phi) is 20.9. The number of carbonyl (C=O) groups excluding carboxylic acids is 2. The molecule has 2 N–H and O–H groups in total. The van der Waals surface area contributed by atoms with Crippen LogP contribution in [0.4, 0.5) is 0 Å². The fourth-order valence-electron chi connectivity index (χ4n) is 8.16. The number of rotatable bonds is 14. The number of ether oxygens (including phenoxy) is 5. The molecule has 0 aromatic heterocycles. The third kappa shape index (κ3) is 13.3. The molecule has 3 aromatic rings. The van der Waals surface area contributed by atoms with Gasteiger partial charge in [-0.1, -0.05) is 121 Å². The molecule has 0 saturated heterocycles. The van der Waals surface area contributed by atoms with Crippen molar-refractivity contribution >= 4 is 46.6 Å². The van der Waals surface area contributed by atoms with Gasteiger partial charge in [-0.2, -0.15) is 0 Å². The third-order valence-electron chi connectivity index (χ3n) is 15.1. The van der Waals surface area contributed by atoms with E-state index in [1.807, 2.05) is 118 Å². The van der Waals surface area contributed by atoms with Gasteiger partial charge in [0.05, 0.1) is 19.3 Å². The molecule has 406 valence electrons. The second-order valence-electron chi connectivity index (χ2n) is 22.0. The molecule has 1 aliphatic carbocycles. The maximum absolute atomic E-state index is 12.2. The van der Waals surface area contributed by atoms with Crippen LogP contribution in [0.1, 0.15) is 99.3 Å². The van der Waals surface area contributed by atoms with Crippen molar-refractivity contribution < 1.29 is 52.3 Å². The Bertz CT molecular complexity index is 2440. The molecular formula is C58H85N3O11Si2. The number of hydrogen-bond donors (Lipinski definition) is 2. The number of hydrogen-bond acceptors (Lipinski definition) is 14. The Hall–Kier alpha value is -5.08. The third-order valence-corrected chi connectivity index (χ3v) is 24.0. The van der Waals surface area contributed by atoms with Gasteiger partial charge in [-0.3, -0.25) is 0 Å². The van der Waals surface area contributed by atoms with Crippen LogP contribution in [0.25, 0.3) is 0 Å². The van der Waals surface area contributed by atoms with Crippen molar-refractivity contribution in [2.24, 2.45) is 15.0 Å². The lowest BCUT2D eigenvalue weighted by molar-refractivity contribution is -0.155. The quantitative estimate of drug-likeness (QED) is 0.0680. The Morgan fingerprint density at radius 3 is 1.57 bits per heavy atom. The van der Waals surface area contributed by atoms with Gasteiger partial charge in [0, 0.05) is 30.4 Å². The first-order valence-electron chi connectivity index (χ1n) is 25.6. The van der Waals surface area contributed by atoms with Crippen molar-refractivity contribution in [3.8, 4) is 0 Å². The van der Waals surface area contributed by atoms with Gasteiger partial charge < -0.3 is 47.5 Å². The van der Waals surface area contributed by atoms with Crippen LogP contribution >= 0.6 is 0 Å². The van der Waals surface area contributed by atoms with Gasteiger partial charge in [0.1, 0.15) is 36.1 Å². The number of aliphatic imine (C=N–C) groups is 3. The Labute approximate surface area is 443 Å². The molecule has 8 unspecified atom stereocenters. The van der Waals surface area contributed by atoms with E-state index < -0.39 is 69.7 Å². The van der Waals surface area contributed by atoms with Crippen LogP contribution in [0, 0.1) is 0 Å². The molecule has 1 spiro atoms. The molecule has 14 nitrogen and oxygen atoms in total. The zero-order valence-corrected chi connectivity index (χ0v) is 49.0. The number of carbonyl (C=O) groups is 2. The molecule has 0 saturated carbocycles. The van der Waals surface area contributed by atoms with Crippen molar-refractivity contribution in [2.45, 2.75) is 178 Å². The summed E-state index contributed by atoms with van der Waals surface area (Å²) in [7, 11) is -1.25. The lowest BCUT2D eigenvalue weighted by Crippen LogP contribution is -2.55. The summed E-state index contributed by atoms with van der Waals surface area (Å²) in [4.78, 5) is 38.2. The minimum atomic E-state index is -2.15. The molecule has 74 heavy (non-hydrogen) atoms. The van der Waals surface area contributed by atoms with E-state index in [2.05, 4.69) is 84.0 Å². The molecule has 7 rings (SSSR count). The fraction of sp³-hybridized carbons (Fsp3) is 0.534. The lowest BCUT2D eigenvalue weighted by Gasteiger charge is -2.43. The lowest BCUT2D eigenvalue weighted by atomic mass is 9.86. The summed E-state index contributed by atoms with van der Waals surface area (Å²) < 4.78 is 40.2. The number of aliphatic hydroxyl groups is 2. The highest BCUT2D eigenvalue weighted by atomic mass is 28.4. The van der Waals surface area contributed by atoms with Crippen LogP contribution in [0.15, 0.2) is 131 Å².